The van der Waals surface area contributed by atoms with Gasteiger partial charge in [0.05, 0.1) is 11.1 Å². The van der Waals surface area contributed by atoms with Crippen LogP contribution >= 0.6 is 0 Å². The highest BCUT2D eigenvalue weighted by Gasteiger charge is 2.34. The van der Waals surface area contributed by atoms with Crippen LogP contribution in [0.2, 0.25) is 0 Å². The fraction of sp³-hybridized carbons (Fsp3) is 0.333. The molecule has 0 saturated carbocycles. The molecule has 3 heterocycles. The third-order valence-electron chi connectivity index (χ3n) is 3.52. The summed E-state index contributed by atoms with van der Waals surface area (Å²) >= 11 is 0. The zero-order valence-electron chi connectivity index (χ0n) is 11.6. The fourth-order valence-corrected chi connectivity index (χ4v) is 2.43. The minimum atomic E-state index is -0.530. The number of hydrogen-bond donors (Lipinski definition) is 1. The Bertz CT molecular complexity index is 737. The van der Waals surface area contributed by atoms with Crippen molar-refractivity contribution in [1.29, 1.82) is 0 Å². The van der Waals surface area contributed by atoms with Crippen LogP contribution in [0.1, 0.15) is 17.2 Å². The van der Waals surface area contributed by atoms with E-state index < -0.39 is 11.0 Å². The van der Waals surface area contributed by atoms with E-state index in [-0.39, 0.29) is 5.70 Å². The van der Waals surface area contributed by atoms with E-state index in [9.17, 15) is 10.1 Å². The van der Waals surface area contributed by atoms with Crippen LogP contribution in [0.5, 0.6) is 0 Å². The molecule has 3 rings (SSSR count). The second kappa shape index (κ2) is 4.93. The zero-order chi connectivity index (χ0) is 15.0. The minimum Gasteiger partial charge on any atom is -0.324 e. The molecule has 21 heavy (non-hydrogen) atoms. The number of hydrogen-bond acceptors (Lipinski definition) is 6. The van der Waals surface area contributed by atoms with Crippen molar-refractivity contribution in [3.8, 4) is 0 Å². The van der Waals surface area contributed by atoms with Gasteiger partial charge in [-0.1, -0.05) is 5.10 Å². The number of allylic oxidation sites excluding steroid dienone is 1. The van der Waals surface area contributed by atoms with Gasteiger partial charge in [-0.25, -0.2) is 4.57 Å². The number of tetrazole rings is 1. The summed E-state index contributed by atoms with van der Waals surface area (Å²) < 4.78 is 3.39. The van der Waals surface area contributed by atoms with Gasteiger partial charge in [-0.15, -0.1) is 0 Å². The molecule has 1 aliphatic heterocycles. The summed E-state index contributed by atoms with van der Waals surface area (Å²) in [6, 6.07) is 1.43. The average molecular weight is 288 g/mol. The third-order valence-corrected chi connectivity index (χ3v) is 3.52. The van der Waals surface area contributed by atoms with E-state index in [2.05, 4.69) is 20.8 Å². The van der Waals surface area contributed by atoms with Gasteiger partial charge in [0.2, 0.25) is 5.95 Å². The molecule has 2 aromatic rings. The Hall–Kier alpha value is -2.84. The Balaban J connectivity index is 1.99. The molecule has 0 spiro atoms. The topological polar surface area (TPSA) is 103 Å². The molecule has 1 N–H and O–H groups in total. The highest BCUT2D eigenvalue weighted by molar-refractivity contribution is 5.35. The van der Waals surface area contributed by atoms with E-state index in [1.807, 2.05) is 37.0 Å². The largest absolute Gasteiger partial charge is 0.324 e. The number of fused-ring (bicyclic) bond motifs is 1. The maximum atomic E-state index is 11.2. The summed E-state index contributed by atoms with van der Waals surface area (Å²) in [6.07, 6.45) is 5.71. The number of nitrogens with one attached hydrogen (secondary N) is 1. The van der Waals surface area contributed by atoms with Crippen molar-refractivity contribution in [2.24, 2.45) is 7.05 Å². The van der Waals surface area contributed by atoms with Gasteiger partial charge in [-0.05, 0) is 22.9 Å². The highest BCUT2D eigenvalue weighted by Crippen LogP contribution is 2.28. The SMILES string of the molecule is Cc1c[n+](C)ccc1CC1C([N+](=O)[O-])=CNc2nnnn21. The maximum absolute atomic E-state index is 11.2. The molecular weight excluding hydrogens is 274 g/mol. The molecule has 0 radical (unpaired) electrons. The van der Waals surface area contributed by atoms with Gasteiger partial charge in [-0.2, -0.15) is 4.68 Å². The second-order valence-electron chi connectivity index (χ2n) is 4.96. The Labute approximate surface area is 120 Å². The van der Waals surface area contributed by atoms with Crippen molar-refractivity contribution < 1.29 is 9.49 Å². The Morgan fingerprint density at radius 2 is 2.38 bits per heavy atom. The van der Waals surface area contributed by atoms with Crippen molar-refractivity contribution in [2.45, 2.75) is 19.4 Å². The first-order chi connectivity index (χ1) is 10.1. The van der Waals surface area contributed by atoms with Crippen molar-refractivity contribution in [3.63, 3.8) is 0 Å². The van der Waals surface area contributed by atoms with Gasteiger partial charge in [0, 0.05) is 18.1 Å². The molecule has 0 bridgehead atoms. The lowest BCUT2D eigenvalue weighted by Gasteiger charge is -2.19. The summed E-state index contributed by atoms with van der Waals surface area (Å²) in [5.74, 6) is 0.407. The van der Waals surface area contributed by atoms with E-state index in [1.54, 1.807) is 0 Å². The summed E-state index contributed by atoms with van der Waals surface area (Å²) in [6.45, 7) is 1.98. The molecule has 0 saturated heterocycles. The van der Waals surface area contributed by atoms with Crippen LogP contribution in [0.25, 0.3) is 0 Å². The van der Waals surface area contributed by atoms with Crippen molar-refractivity contribution in [3.05, 3.63) is 51.6 Å². The van der Waals surface area contributed by atoms with Gasteiger partial charge in [0.1, 0.15) is 7.05 Å². The van der Waals surface area contributed by atoms with Crippen LogP contribution < -0.4 is 9.88 Å². The van der Waals surface area contributed by atoms with E-state index in [0.717, 1.165) is 11.1 Å². The normalized spacial score (nSPS) is 16.9. The lowest BCUT2D eigenvalue weighted by atomic mass is 10.0. The molecule has 1 unspecified atom stereocenters. The summed E-state index contributed by atoms with van der Waals surface area (Å²) in [5.41, 5.74) is 2.13. The summed E-state index contributed by atoms with van der Waals surface area (Å²) in [7, 11) is 1.93. The van der Waals surface area contributed by atoms with E-state index in [0.29, 0.717) is 12.4 Å². The molecule has 9 nitrogen and oxygen atoms in total. The van der Waals surface area contributed by atoms with Gasteiger partial charge in [0.25, 0.3) is 5.70 Å². The number of aromatic nitrogens is 5. The summed E-state index contributed by atoms with van der Waals surface area (Å²) in [5, 5.41) is 25.2. The van der Waals surface area contributed by atoms with Crippen LogP contribution in [0.3, 0.4) is 0 Å². The van der Waals surface area contributed by atoms with Crippen molar-refractivity contribution >= 4 is 5.95 Å². The predicted molar refractivity (Wildman–Crippen MR) is 71.6 cm³/mol. The fourth-order valence-electron chi connectivity index (χ4n) is 2.43. The Morgan fingerprint density at radius 3 is 3.10 bits per heavy atom. The standard InChI is InChI=1S/C12H14N7O2/c1-8-7-17(2)4-3-9(8)5-10-11(19(20)21)6-13-12-14-15-16-18(10)12/h3-4,6-7,10H,5H2,1-2H3,(H,13,14,16)/q+1. The van der Waals surface area contributed by atoms with E-state index in [1.165, 1.54) is 10.9 Å². The molecule has 9 heteroatoms. The summed E-state index contributed by atoms with van der Waals surface area (Å²) in [4.78, 5) is 10.8. The molecule has 0 fully saturated rings. The lowest BCUT2D eigenvalue weighted by molar-refractivity contribution is -0.671. The number of aryl methyl sites for hydroxylation is 2. The van der Waals surface area contributed by atoms with Gasteiger partial charge in [0.15, 0.2) is 18.4 Å². The Kier molecular flexibility index (Phi) is 3.09. The minimum absolute atomic E-state index is 0.0439. The van der Waals surface area contributed by atoms with E-state index >= 15 is 0 Å². The maximum Gasteiger partial charge on any atom is 0.287 e. The molecule has 1 atom stereocenters. The van der Waals surface area contributed by atoms with Crippen LogP contribution in [0.4, 0.5) is 5.95 Å². The van der Waals surface area contributed by atoms with Crippen LogP contribution in [0.15, 0.2) is 30.4 Å². The number of anilines is 1. The van der Waals surface area contributed by atoms with Crippen LogP contribution in [-0.4, -0.2) is 25.1 Å². The first-order valence-corrected chi connectivity index (χ1v) is 6.40. The van der Waals surface area contributed by atoms with E-state index in [4.69, 9.17) is 0 Å². The zero-order valence-corrected chi connectivity index (χ0v) is 11.6. The van der Waals surface area contributed by atoms with Gasteiger partial charge >= 0.3 is 0 Å². The van der Waals surface area contributed by atoms with Gasteiger partial charge < -0.3 is 5.32 Å². The average Bonchev–Trinajstić information content (AvgIpc) is 2.90. The molecule has 2 aromatic heterocycles. The second-order valence-corrected chi connectivity index (χ2v) is 4.96. The number of nitrogens with zero attached hydrogens (tertiary/aromatic N) is 6. The van der Waals surface area contributed by atoms with Crippen molar-refractivity contribution in [1.82, 2.24) is 20.2 Å². The van der Waals surface area contributed by atoms with Gasteiger partial charge in [-0.3, -0.25) is 10.1 Å². The number of pyridine rings is 1. The molecule has 0 amide bonds. The molecule has 108 valence electrons. The highest BCUT2D eigenvalue weighted by atomic mass is 16.6. The molecule has 0 aromatic carbocycles. The van der Waals surface area contributed by atoms with Crippen LogP contribution in [-0.2, 0) is 13.5 Å². The first-order valence-electron chi connectivity index (χ1n) is 6.40. The molecular formula is C12H14N7O2+. The first kappa shape index (κ1) is 13.2. The molecule has 0 aliphatic carbocycles. The third kappa shape index (κ3) is 2.33. The van der Waals surface area contributed by atoms with Crippen molar-refractivity contribution in [2.75, 3.05) is 5.32 Å². The van der Waals surface area contributed by atoms with Crippen LogP contribution in [0, 0.1) is 17.0 Å². The number of nitro groups is 1. The predicted octanol–water partition coefficient (Wildman–Crippen LogP) is 0.133. The smallest absolute Gasteiger partial charge is 0.287 e. The lowest BCUT2D eigenvalue weighted by Crippen LogP contribution is -2.29. The Morgan fingerprint density at radius 1 is 1.57 bits per heavy atom. The molecule has 1 aliphatic rings. The quantitative estimate of drug-likeness (QED) is 0.489. The monoisotopic (exact) mass is 288 g/mol. The number of rotatable bonds is 3.